The van der Waals surface area contributed by atoms with Crippen LogP contribution < -0.4 is 10.7 Å². The number of ether oxygens (including phenoxy) is 1. The number of aryl methyl sites for hydroxylation is 1. The van der Waals surface area contributed by atoms with Crippen LogP contribution in [0.15, 0.2) is 45.9 Å². The van der Waals surface area contributed by atoms with E-state index in [9.17, 15) is 9.59 Å². The molecule has 3 rings (SSSR count). The van der Waals surface area contributed by atoms with Gasteiger partial charge in [-0.25, -0.2) is 4.79 Å². The number of benzene rings is 1. The molecule has 0 unspecified atom stereocenters. The van der Waals surface area contributed by atoms with E-state index in [0.29, 0.717) is 16.7 Å². The number of aromatic nitrogens is 2. The molecular weight excluding hydrogens is 334 g/mol. The van der Waals surface area contributed by atoms with Crippen molar-refractivity contribution in [1.29, 1.82) is 0 Å². The third-order valence-electron chi connectivity index (χ3n) is 3.62. The average Bonchev–Trinajstić information content (AvgIpc) is 2.98. The Hall–Kier alpha value is -3.09. The van der Waals surface area contributed by atoms with Gasteiger partial charge in [-0.15, -0.1) is 0 Å². The Morgan fingerprint density at radius 2 is 2.04 bits per heavy atom. The Kier molecular flexibility index (Phi) is 4.54. The van der Waals surface area contributed by atoms with Crippen LogP contribution in [-0.4, -0.2) is 21.5 Å². The number of hydrogen-bond acceptors (Lipinski definition) is 5. The molecule has 136 valence electrons. The summed E-state index contributed by atoms with van der Waals surface area (Å²) in [6.07, 6.45) is 3.05. The summed E-state index contributed by atoms with van der Waals surface area (Å²) in [6.45, 7) is 5.41. The predicted octanol–water partition coefficient (Wildman–Crippen LogP) is 3.22. The number of rotatable bonds is 3. The van der Waals surface area contributed by atoms with Crippen molar-refractivity contribution in [3.05, 3.63) is 52.6 Å². The minimum atomic E-state index is -0.586. The number of fused-ring (bicyclic) bond motifs is 1. The summed E-state index contributed by atoms with van der Waals surface area (Å²) in [5.41, 5.74) is 1.52. The van der Waals surface area contributed by atoms with E-state index in [1.165, 1.54) is 6.07 Å². The smallest absolute Gasteiger partial charge is 0.408 e. The first-order chi connectivity index (χ1) is 12.2. The quantitative estimate of drug-likeness (QED) is 0.779. The van der Waals surface area contributed by atoms with E-state index >= 15 is 0 Å². The van der Waals surface area contributed by atoms with Crippen LogP contribution in [0.2, 0.25) is 0 Å². The molecule has 3 aromatic rings. The number of amides is 1. The van der Waals surface area contributed by atoms with Crippen LogP contribution in [0.3, 0.4) is 0 Å². The van der Waals surface area contributed by atoms with Crippen molar-refractivity contribution in [3.63, 3.8) is 0 Å². The number of nitrogens with one attached hydrogen (secondary N) is 1. The number of hydrogen-bond donors (Lipinski definition) is 1. The third-order valence-corrected chi connectivity index (χ3v) is 3.62. The second kappa shape index (κ2) is 6.67. The Morgan fingerprint density at radius 1 is 1.27 bits per heavy atom. The van der Waals surface area contributed by atoms with Gasteiger partial charge < -0.3 is 14.5 Å². The van der Waals surface area contributed by atoms with Crippen LogP contribution in [0.5, 0.6) is 0 Å². The summed E-state index contributed by atoms with van der Waals surface area (Å²) >= 11 is 0. The largest absolute Gasteiger partial charge is 0.459 e. The number of carbonyl (C=O) groups excluding carboxylic acids is 1. The fourth-order valence-electron chi connectivity index (χ4n) is 2.52. The molecule has 0 aliphatic carbocycles. The third kappa shape index (κ3) is 4.11. The zero-order chi connectivity index (χ0) is 18.9. The van der Waals surface area contributed by atoms with Crippen molar-refractivity contribution in [2.45, 2.75) is 32.9 Å². The van der Waals surface area contributed by atoms with E-state index in [1.54, 1.807) is 43.8 Å². The first kappa shape index (κ1) is 17.7. The van der Waals surface area contributed by atoms with E-state index in [2.05, 4.69) is 10.4 Å². The van der Waals surface area contributed by atoms with E-state index in [-0.39, 0.29) is 12.0 Å². The van der Waals surface area contributed by atoms with Gasteiger partial charge in [0.05, 0.1) is 18.1 Å². The van der Waals surface area contributed by atoms with Crippen molar-refractivity contribution < 1.29 is 13.9 Å². The Balaban J connectivity index is 1.82. The second-order valence-electron chi connectivity index (χ2n) is 7.05. The summed E-state index contributed by atoms with van der Waals surface area (Å²) in [5.74, 6) is 0.363. The average molecular weight is 355 g/mol. The van der Waals surface area contributed by atoms with Crippen molar-refractivity contribution in [3.8, 4) is 11.1 Å². The normalized spacial score (nSPS) is 11.5. The Morgan fingerprint density at radius 3 is 2.69 bits per heavy atom. The van der Waals surface area contributed by atoms with Crippen LogP contribution in [0.1, 0.15) is 26.5 Å². The molecule has 7 heteroatoms. The molecule has 2 heterocycles. The molecule has 7 nitrogen and oxygen atoms in total. The van der Waals surface area contributed by atoms with Gasteiger partial charge in [-0.1, -0.05) is 6.07 Å². The molecule has 0 atom stereocenters. The zero-order valence-corrected chi connectivity index (χ0v) is 15.2. The highest BCUT2D eigenvalue weighted by atomic mass is 16.6. The summed E-state index contributed by atoms with van der Waals surface area (Å²) in [7, 11) is 1.84. The minimum Gasteiger partial charge on any atom is -0.459 e. The minimum absolute atomic E-state index is 0.0739. The van der Waals surface area contributed by atoms with Gasteiger partial charge in [0.1, 0.15) is 16.9 Å². The van der Waals surface area contributed by atoms with E-state index in [1.807, 2.05) is 19.3 Å². The molecule has 0 bridgehead atoms. The monoisotopic (exact) mass is 355 g/mol. The summed E-state index contributed by atoms with van der Waals surface area (Å²) in [6, 6.07) is 6.78. The fourth-order valence-corrected chi connectivity index (χ4v) is 2.52. The van der Waals surface area contributed by atoms with Gasteiger partial charge in [0.25, 0.3) is 0 Å². The fraction of sp³-hybridized carbons (Fsp3) is 0.316. The van der Waals surface area contributed by atoms with Gasteiger partial charge in [-0.05, 0) is 38.5 Å². The van der Waals surface area contributed by atoms with E-state index in [0.717, 1.165) is 11.1 Å². The highest BCUT2D eigenvalue weighted by Gasteiger charge is 2.16. The molecular formula is C19H21N3O4. The maximum absolute atomic E-state index is 12.4. The molecule has 0 fully saturated rings. The maximum Gasteiger partial charge on any atom is 0.408 e. The lowest BCUT2D eigenvalue weighted by Gasteiger charge is -2.19. The summed E-state index contributed by atoms with van der Waals surface area (Å²) in [4.78, 5) is 24.2. The van der Waals surface area contributed by atoms with Crippen LogP contribution in [0, 0.1) is 0 Å². The molecule has 0 radical (unpaired) electrons. The van der Waals surface area contributed by atoms with Gasteiger partial charge >= 0.3 is 6.09 Å². The molecule has 26 heavy (non-hydrogen) atoms. The first-order valence-electron chi connectivity index (χ1n) is 8.24. The number of alkyl carbamates (subject to hydrolysis) is 1. The second-order valence-corrected chi connectivity index (χ2v) is 7.05. The highest BCUT2D eigenvalue weighted by molar-refractivity contribution is 5.82. The Bertz CT molecular complexity index is 1010. The number of nitrogens with zero attached hydrogens (tertiary/aromatic N) is 2. The lowest BCUT2D eigenvalue weighted by molar-refractivity contribution is 0.0520. The van der Waals surface area contributed by atoms with Crippen LogP contribution in [0.25, 0.3) is 22.1 Å². The molecule has 0 aliphatic heterocycles. The Labute approximate surface area is 150 Å². The summed E-state index contributed by atoms with van der Waals surface area (Å²) < 4.78 is 12.6. The van der Waals surface area contributed by atoms with Gasteiger partial charge in [0.2, 0.25) is 0 Å². The molecule has 0 saturated heterocycles. The molecule has 0 aliphatic rings. The molecule has 1 amide bonds. The number of carbonyl (C=O) groups is 1. The van der Waals surface area contributed by atoms with Gasteiger partial charge in [-0.2, -0.15) is 5.10 Å². The van der Waals surface area contributed by atoms with Crippen LogP contribution in [0.4, 0.5) is 4.79 Å². The summed E-state index contributed by atoms with van der Waals surface area (Å²) in [5, 5.41) is 7.20. The van der Waals surface area contributed by atoms with Gasteiger partial charge in [0, 0.05) is 24.9 Å². The molecule has 1 N–H and O–H groups in total. The first-order valence-corrected chi connectivity index (χ1v) is 8.24. The van der Waals surface area contributed by atoms with Gasteiger partial charge in [-0.3, -0.25) is 9.48 Å². The molecule has 2 aromatic heterocycles. The van der Waals surface area contributed by atoms with Crippen LogP contribution in [-0.2, 0) is 18.3 Å². The van der Waals surface area contributed by atoms with E-state index < -0.39 is 11.7 Å². The highest BCUT2D eigenvalue weighted by Crippen LogP contribution is 2.23. The van der Waals surface area contributed by atoms with Crippen molar-refractivity contribution in [1.82, 2.24) is 15.1 Å². The topological polar surface area (TPSA) is 86.4 Å². The van der Waals surface area contributed by atoms with Gasteiger partial charge in [0.15, 0.2) is 5.43 Å². The van der Waals surface area contributed by atoms with E-state index in [4.69, 9.17) is 9.15 Å². The molecule has 1 aromatic carbocycles. The SMILES string of the molecule is Cn1cc(-c2ccc3oc(CNC(=O)OC(C)(C)C)cc(=O)c3c2)cn1. The lowest BCUT2D eigenvalue weighted by atomic mass is 10.1. The van der Waals surface area contributed by atoms with Crippen molar-refractivity contribution in [2.75, 3.05) is 0 Å². The predicted molar refractivity (Wildman–Crippen MR) is 97.8 cm³/mol. The maximum atomic E-state index is 12.4. The molecule has 0 spiro atoms. The van der Waals surface area contributed by atoms with Crippen molar-refractivity contribution >= 4 is 17.1 Å². The zero-order valence-electron chi connectivity index (χ0n) is 15.2. The van der Waals surface area contributed by atoms with Crippen LogP contribution >= 0.6 is 0 Å². The standard InChI is InChI=1S/C19H21N3O4/c1-19(2,3)26-18(24)20-10-14-8-16(23)15-7-12(5-6-17(15)25-14)13-9-21-22(4)11-13/h5-9,11H,10H2,1-4H3,(H,20,24). The van der Waals surface area contributed by atoms with Crippen molar-refractivity contribution in [2.24, 2.45) is 7.05 Å². The lowest BCUT2D eigenvalue weighted by Crippen LogP contribution is -2.32. The molecule has 0 saturated carbocycles.